The van der Waals surface area contributed by atoms with Crippen LogP contribution in [0.25, 0.3) is 21.8 Å². The molecule has 4 nitrogen and oxygen atoms in total. The minimum Gasteiger partial charge on any atom is -0.465 e. The van der Waals surface area contributed by atoms with Crippen LogP contribution in [-0.2, 0) is 16.1 Å². The van der Waals surface area contributed by atoms with Gasteiger partial charge in [0.2, 0.25) is 0 Å². The maximum atomic E-state index is 11.9. The standard InChI is InChI=1S/C19H21NO3/c1-12(2)20-16-7-5-6-14(11-22-3)18(16)15-9-8-13(10-17(15)20)19(21)23-4/h5-10,12H,11H2,1-4H3. The lowest BCUT2D eigenvalue weighted by Crippen LogP contribution is -2.03. The molecule has 23 heavy (non-hydrogen) atoms. The van der Waals surface area contributed by atoms with E-state index in [1.807, 2.05) is 18.2 Å². The third-order valence-electron chi connectivity index (χ3n) is 4.15. The normalized spacial score (nSPS) is 11.5. The van der Waals surface area contributed by atoms with E-state index in [0.717, 1.165) is 22.0 Å². The molecule has 0 fully saturated rings. The molecule has 0 aliphatic rings. The Morgan fingerprint density at radius 3 is 2.57 bits per heavy atom. The average molecular weight is 311 g/mol. The minimum atomic E-state index is -0.315. The predicted octanol–water partition coefficient (Wildman–Crippen LogP) is 4.31. The molecule has 0 atom stereocenters. The van der Waals surface area contributed by atoms with Crippen LogP contribution in [0.5, 0.6) is 0 Å². The topological polar surface area (TPSA) is 40.5 Å². The highest BCUT2D eigenvalue weighted by Gasteiger charge is 2.17. The SMILES string of the molecule is COCc1cccc2c1c1ccc(C(=O)OC)cc1n2C(C)C. The number of rotatable bonds is 4. The zero-order valence-corrected chi connectivity index (χ0v) is 13.9. The van der Waals surface area contributed by atoms with Crippen molar-refractivity contribution >= 4 is 27.8 Å². The van der Waals surface area contributed by atoms with Gasteiger partial charge < -0.3 is 14.0 Å². The van der Waals surface area contributed by atoms with Crippen molar-refractivity contribution in [3.8, 4) is 0 Å². The summed E-state index contributed by atoms with van der Waals surface area (Å²) in [5.41, 5.74) is 3.92. The summed E-state index contributed by atoms with van der Waals surface area (Å²) in [4.78, 5) is 11.9. The molecule has 120 valence electrons. The summed E-state index contributed by atoms with van der Waals surface area (Å²) in [6.07, 6.45) is 0. The van der Waals surface area contributed by atoms with Crippen molar-refractivity contribution in [3.63, 3.8) is 0 Å². The Morgan fingerprint density at radius 1 is 1.13 bits per heavy atom. The number of aromatic nitrogens is 1. The number of hydrogen-bond donors (Lipinski definition) is 0. The Bertz CT molecular complexity index is 877. The maximum Gasteiger partial charge on any atom is 0.337 e. The van der Waals surface area contributed by atoms with Crippen molar-refractivity contribution in [2.45, 2.75) is 26.5 Å². The molecule has 0 amide bonds. The van der Waals surface area contributed by atoms with Crippen LogP contribution >= 0.6 is 0 Å². The molecular formula is C19H21NO3. The van der Waals surface area contributed by atoms with Crippen molar-refractivity contribution in [2.75, 3.05) is 14.2 Å². The quantitative estimate of drug-likeness (QED) is 0.674. The summed E-state index contributed by atoms with van der Waals surface area (Å²) in [6.45, 7) is 4.85. The van der Waals surface area contributed by atoms with Gasteiger partial charge in [-0.3, -0.25) is 0 Å². The molecule has 0 bridgehead atoms. The van der Waals surface area contributed by atoms with Gasteiger partial charge >= 0.3 is 5.97 Å². The van der Waals surface area contributed by atoms with Crippen molar-refractivity contribution in [1.82, 2.24) is 4.57 Å². The van der Waals surface area contributed by atoms with E-state index < -0.39 is 0 Å². The van der Waals surface area contributed by atoms with E-state index in [1.165, 1.54) is 12.5 Å². The van der Waals surface area contributed by atoms with Crippen molar-refractivity contribution < 1.29 is 14.3 Å². The number of carbonyl (C=O) groups is 1. The number of methoxy groups -OCH3 is 2. The van der Waals surface area contributed by atoms with Crippen LogP contribution in [0.2, 0.25) is 0 Å². The van der Waals surface area contributed by atoms with Gasteiger partial charge in [-0.25, -0.2) is 4.79 Å². The number of fused-ring (bicyclic) bond motifs is 3. The molecule has 0 unspecified atom stereocenters. The molecule has 3 rings (SSSR count). The number of nitrogens with zero attached hydrogens (tertiary/aromatic N) is 1. The Morgan fingerprint density at radius 2 is 1.91 bits per heavy atom. The third-order valence-corrected chi connectivity index (χ3v) is 4.15. The van der Waals surface area contributed by atoms with E-state index in [2.05, 4.69) is 36.6 Å². The first-order chi connectivity index (χ1) is 11.1. The first kappa shape index (κ1) is 15.6. The number of benzene rings is 2. The molecule has 0 spiro atoms. The molecule has 0 radical (unpaired) electrons. The first-order valence-corrected chi connectivity index (χ1v) is 7.71. The summed E-state index contributed by atoms with van der Waals surface area (Å²) >= 11 is 0. The Balaban J connectivity index is 2.41. The smallest absolute Gasteiger partial charge is 0.337 e. The maximum absolute atomic E-state index is 11.9. The van der Waals surface area contributed by atoms with E-state index >= 15 is 0 Å². The van der Waals surface area contributed by atoms with Crippen LogP contribution in [0.4, 0.5) is 0 Å². The largest absolute Gasteiger partial charge is 0.465 e. The van der Waals surface area contributed by atoms with Crippen LogP contribution in [0.1, 0.15) is 35.8 Å². The zero-order chi connectivity index (χ0) is 16.6. The van der Waals surface area contributed by atoms with Crippen molar-refractivity contribution in [2.24, 2.45) is 0 Å². The second-order valence-corrected chi connectivity index (χ2v) is 5.93. The van der Waals surface area contributed by atoms with E-state index in [4.69, 9.17) is 9.47 Å². The first-order valence-electron chi connectivity index (χ1n) is 7.71. The molecule has 4 heteroatoms. The number of carbonyl (C=O) groups excluding carboxylic acids is 1. The highest BCUT2D eigenvalue weighted by molar-refractivity contribution is 6.11. The summed E-state index contributed by atoms with van der Waals surface area (Å²) in [6, 6.07) is 12.3. The van der Waals surface area contributed by atoms with Crippen molar-refractivity contribution in [3.05, 3.63) is 47.5 Å². The molecule has 3 aromatic rings. The fourth-order valence-electron chi connectivity index (χ4n) is 3.25. The van der Waals surface area contributed by atoms with Gasteiger partial charge in [-0.15, -0.1) is 0 Å². The molecule has 1 heterocycles. The van der Waals surface area contributed by atoms with E-state index in [-0.39, 0.29) is 12.0 Å². The van der Waals surface area contributed by atoms with Gasteiger partial charge in [-0.2, -0.15) is 0 Å². The van der Waals surface area contributed by atoms with E-state index in [0.29, 0.717) is 12.2 Å². The van der Waals surface area contributed by atoms with Gasteiger partial charge in [0.05, 0.1) is 24.8 Å². The molecule has 0 saturated carbocycles. The fourth-order valence-corrected chi connectivity index (χ4v) is 3.25. The van der Waals surface area contributed by atoms with Gasteiger partial charge in [0, 0.05) is 29.4 Å². The van der Waals surface area contributed by atoms with Gasteiger partial charge in [-0.05, 0) is 37.6 Å². The lowest BCUT2D eigenvalue weighted by atomic mass is 10.1. The molecule has 1 aromatic heterocycles. The number of ether oxygens (including phenoxy) is 2. The van der Waals surface area contributed by atoms with Crippen LogP contribution in [0, 0.1) is 0 Å². The van der Waals surface area contributed by atoms with Crippen LogP contribution < -0.4 is 0 Å². The third kappa shape index (κ3) is 2.49. The molecule has 0 N–H and O–H groups in total. The monoisotopic (exact) mass is 311 g/mol. The lowest BCUT2D eigenvalue weighted by Gasteiger charge is -2.12. The zero-order valence-electron chi connectivity index (χ0n) is 13.9. The Hall–Kier alpha value is -2.33. The highest BCUT2D eigenvalue weighted by atomic mass is 16.5. The summed E-state index contributed by atoms with van der Waals surface area (Å²) in [7, 11) is 3.11. The minimum absolute atomic E-state index is 0.278. The summed E-state index contributed by atoms with van der Waals surface area (Å²) in [5.74, 6) is -0.315. The number of esters is 1. The van der Waals surface area contributed by atoms with E-state index in [9.17, 15) is 4.79 Å². The van der Waals surface area contributed by atoms with Gasteiger partial charge in [0.25, 0.3) is 0 Å². The number of hydrogen-bond acceptors (Lipinski definition) is 3. The lowest BCUT2D eigenvalue weighted by molar-refractivity contribution is 0.0601. The van der Waals surface area contributed by atoms with Crippen LogP contribution in [0.15, 0.2) is 36.4 Å². The van der Waals surface area contributed by atoms with Gasteiger partial charge in [0.1, 0.15) is 0 Å². The highest BCUT2D eigenvalue weighted by Crippen LogP contribution is 2.35. The fraction of sp³-hybridized carbons (Fsp3) is 0.316. The van der Waals surface area contributed by atoms with Gasteiger partial charge in [0.15, 0.2) is 0 Å². The second kappa shape index (κ2) is 6.05. The van der Waals surface area contributed by atoms with E-state index in [1.54, 1.807) is 7.11 Å². The Kier molecular flexibility index (Phi) is 4.09. The molecule has 2 aromatic carbocycles. The summed E-state index contributed by atoms with van der Waals surface area (Å²) in [5, 5.41) is 2.32. The predicted molar refractivity (Wildman–Crippen MR) is 91.9 cm³/mol. The Labute approximate surface area is 135 Å². The second-order valence-electron chi connectivity index (χ2n) is 5.93. The molecule has 0 saturated heterocycles. The van der Waals surface area contributed by atoms with Gasteiger partial charge in [-0.1, -0.05) is 18.2 Å². The molecule has 0 aliphatic heterocycles. The average Bonchev–Trinajstić information content (AvgIpc) is 2.88. The van der Waals surface area contributed by atoms with Crippen LogP contribution in [-0.4, -0.2) is 24.8 Å². The van der Waals surface area contributed by atoms with Crippen LogP contribution in [0.3, 0.4) is 0 Å². The summed E-state index contributed by atoms with van der Waals surface area (Å²) < 4.78 is 12.5. The molecular weight excluding hydrogens is 290 g/mol. The molecule has 0 aliphatic carbocycles. The van der Waals surface area contributed by atoms with Crippen molar-refractivity contribution in [1.29, 1.82) is 0 Å².